The summed E-state index contributed by atoms with van der Waals surface area (Å²) in [7, 11) is -3.54. The normalized spacial score (nSPS) is 18.6. The molecule has 3 rings (SSSR count). The van der Waals surface area contributed by atoms with Gasteiger partial charge in [-0.25, -0.2) is 8.42 Å². The molecule has 0 amide bonds. The summed E-state index contributed by atoms with van der Waals surface area (Å²) in [4.78, 5) is 1.54. The number of nitriles is 1. The summed E-state index contributed by atoms with van der Waals surface area (Å²) in [5.74, 6) is 0. The Labute approximate surface area is 134 Å². The molecule has 1 aromatic heterocycles. The summed E-state index contributed by atoms with van der Waals surface area (Å²) in [6.45, 7) is 2.52. The van der Waals surface area contributed by atoms with Gasteiger partial charge in [0.2, 0.25) is 10.0 Å². The third-order valence-electron chi connectivity index (χ3n) is 4.02. The van der Waals surface area contributed by atoms with Crippen LogP contribution in [0.15, 0.2) is 40.6 Å². The molecular formula is C16H16N2O2S2. The van der Waals surface area contributed by atoms with Crippen LogP contribution in [0.25, 0.3) is 0 Å². The highest BCUT2D eigenvalue weighted by atomic mass is 32.2. The van der Waals surface area contributed by atoms with Crippen LogP contribution in [0.3, 0.4) is 0 Å². The molecule has 0 saturated carbocycles. The smallest absolute Gasteiger partial charge is 0.207 e. The third kappa shape index (κ3) is 2.45. The molecule has 0 bridgehead atoms. The highest BCUT2D eigenvalue weighted by molar-refractivity contribution is 7.89. The van der Waals surface area contributed by atoms with Crippen molar-refractivity contribution >= 4 is 21.4 Å². The molecule has 1 atom stereocenters. The molecule has 22 heavy (non-hydrogen) atoms. The Hall–Kier alpha value is -1.68. The Morgan fingerprint density at radius 3 is 2.68 bits per heavy atom. The van der Waals surface area contributed by atoms with Crippen LogP contribution in [0, 0.1) is 11.3 Å². The maximum Gasteiger partial charge on any atom is 0.243 e. The SMILES string of the molecule is CC[C@H]1c2ccsc2CCN1S(=O)(=O)c1ccc(C#N)cc1. The van der Waals surface area contributed by atoms with E-state index in [9.17, 15) is 8.42 Å². The first-order chi connectivity index (χ1) is 10.6. The maximum atomic E-state index is 12.9. The Balaban J connectivity index is 2.00. The lowest BCUT2D eigenvalue weighted by Gasteiger charge is -2.34. The van der Waals surface area contributed by atoms with Crippen molar-refractivity contribution in [3.63, 3.8) is 0 Å². The lowest BCUT2D eigenvalue weighted by Crippen LogP contribution is -2.39. The van der Waals surface area contributed by atoms with Crippen LogP contribution in [-0.4, -0.2) is 19.3 Å². The largest absolute Gasteiger partial charge is 0.243 e. The quantitative estimate of drug-likeness (QED) is 0.866. The lowest BCUT2D eigenvalue weighted by atomic mass is 10.0. The average Bonchev–Trinajstić information content (AvgIpc) is 3.02. The highest BCUT2D eigenvalue weighted by Crippen LogP contribution is 2.38. The van der Waals surface area contributed by atoms with E-state index < -0.39 is 10.0 Å². The molecule has 2 heterocycles. The fourth-order valence-electron chi connectivity index (χ4n) is 2.92. The molecular weight excluding hydrogens is 316 g/mol. The number of hydrogen-bond donors (Lipinski definition) is 0. The summed E-state index contributed by atoms with van der Waals surface area (Å²) in [5.41, 5.74) is 1.60. The average molecular weight is 332 g/mol. The predicted octanol–water partition coefficient (Wildman–Crippen LogP) is 3.32. The number of fused-ring (bicyclic) bond motifs is 1. The molecule has 1 aromatic carbocycles. The van der Waals surface area contributed by atoms with Gasteiger partial charge in [-0.3, -0.25) is 0 Å². The number of hydrogen-bond acceptors (Lipinski definition) is 4. The van der Waals surface area contributed by atoms with Crippen molar-refractivity contribution in [1.29, 1.82) is 5.26 Å². The van der Waals surface area contributed by atoms with Crippen molar-refractivity contribution in [1.82, 2.24) is 4.31 Å². The second-order valence-corrected chi connectivity index (χ2v) is 8.12. The van der Waals surface area contributed by atoms with E-state index in [-0.39, 0.29) is 10.9 Å². The minimum absolute atomic E-state index is 0.101. The van der Waals surface area contributed by atoms with E-state index in [0.29, 0.717) is 12.1 Å². The Kier molecular flexibility index (Phi) is 4.04. The number of sulfonamides is 1. The molecule has 1 aliphatic rings. The van der Waals surface area contributed by atoms with Gasteiger partial charge in [-0.2, -0.15) is 9.57 Å². The third-order valence-corrected chi connectivity index (χ3v) is 6.94. The van der Waals surface area contributed by atoms with Gasteiger partial charge in [-0.1, -0.05) is 6.92 Å². The zero-order valence-electron chi connectivity index (χ0n) is 12.2. The summed E-state index contributed by atoms with van der Waals surface area (Å²) in [6, 6.07) is 10.1. The molecule has 1 aliphatic heterocycles. The van der Waals surface area contributed by atoms with Gasteiger partial charge in [0.05, 0.1) is 22.6 Å². The molecule has 6 heteroatoms. The van der Waals surface area contributed by atoms with Gasteiger partial charge in [0, 0.05) is 11.4 Å². The van der Waals surface area contributed by atoms with Gasteiger partial charge >= 0.3 is 0 Å². The van der Waals surface area contributed by atoms with Gasteiger partial charge in [0.1, 0.15) is 0 Å². The van der Waals surface area contributed by atoms with Crippen LogP contribution >= 0.6 is 11.3 Å². The van der Waals surface area contributed by atoms with Gasteiger partial charge < -0.3 is 0 Å². The summed E-state index contributed by atoms with van der Waals surface area (Å²) in [6.07, 6.45) is 1.51. The van der Waals surface area contributed by atoms with Crippen LogP contribution in [0.2, 0.25) is 0 Å². The van der Waals surface area contributed by atoms with E-state index in [0.717, 1.165) is 18.4 Å². The molecule has 0 saturated heterocycles. The molecule has 0 aliphatic carbocycles. The van der Waals surface area contributed by atoms with E-state index in [4.69, 9.17) is 5.26 Å². The molecule has 0 radical (unpaired) electrons. The summed E-state index contributed by atoms with van der Waals surface area (Å²) >= 11 is 1.70. The van der Waals surface area contributed by atoms with Gasteiger partial charge in [-0.05, 0) is 54.1 Å². The minimum Gasteiger partial charge on any atom is -0.207 e. The van der Waals surface area contributed by atoms with E-state index in [1.54, 1.807) is 27.8 Å². The predicted molar refractivity (Wildman–Crippen MR) is 86.1 cm³/mol. The Bertz CT molecular complexity index is 817. The van der Waals surface area contributed by atoms with Crippen molar-refractivity contribution in [3.05, 3.63) is 51.7 Å². The lowest BCUT2D eigenvalue weighted by molar-refractivity contribution is 0.303. The molecule has 0 spiro atoms. The van der Waals surface area contributed by atoms with E-state index >= 15 is 0 Å². The summed E-state index contributed by atoms with van der Waals surface area (Å²) < 4.78 is 27.5. The first-order valence-electron chi connectivity index (χ1n) is 7.16. The van der Waals surface area contributed by atoms with Crippen LogP contribution in [0.1, 0.15) is 35.4 Å². The van der Waals surface area contributed by atoms with Crippen LogP contribution in [0.4, 0.5) is 0 Å². The second-order valence-electron chi connectivity index (χ2n) is 5.23. The van der Waals surface area contributed by atoms with Crippen molar-refractivity contribution < 1.29 is 8.42 Å². The first-order valence-corrected chi connectivity index (χ1v) is 9.48. The number of benzene rings is 1. The van der Waals surface area contributed by atoms with Crippen LogP contribution in [0.5, 0.6) is 0 Å². The molecule has 0 fully saturated rings. The maximum absolute atomic E-state index is 12.9. The van der Waals surface area contributed by atoms with Crippen molar-refractivity contribution in [2.75, 3.05) is 6.54 Å². The standard InChI is InChI=1S/C16H16N2O2S2/c1-2-15-14-8-10-21-16(14)7-9-18(15)22(19,20)13-5-3-12(11-17)4-6-13/h3-6,8,10,15H,2,7,9H2,1H3/t15-/m0/s1. The van der Waals surface area contributed by atoms with Gasteiger partial charge in [-0.15, -0.1) is 11.3 Å². The van der Waals surface area contributed by atoms with Crippen molar-refractivity contribution in [2.45, 2.75) is 30.7 Å². The summed E-state index contributed by atoms with van der Waals surface area (Å²) in [5, 5.41) is 10.9. The van der Waals surface area contributed by atoms with E-state index in [1.165, 1.54) is 17.0 Å². The molecule has 0 N–H and O–H groups in total. The van der Waals surface area contributed by atoms with Gasteiger partial charge in [0.15, 0.2) is 0 Å². The number of nitrogens with zero attached hydrogens (tertiary/aromatic N) is 2. The fraction of sp³-hybridized carbons (Fsp3) is 0.312. The van der Waals surface area contributed by atoms with E-state index in [2.05, 4.69) is 0 Å². The second kappa shape index (κ2) is 5.84. The van der Waals surface area contributed by atoms with Crippen molar-refractivity contribution in [3.8, 4) is 6.07 Å². The number of thiophene rings is 1. The molecule has 4 nitrogen and oxygen atoms in total. The van der Waals surface area contributed by atoms with Crippen LogP contribution < -0.4 is 0 Å². The highest BCUT2D eigenvalue weighted by Gasteiger charge is 2.35. The fourth-order valence-corrected chi connectivity index (χ4v) is 5.53. The monoisotopic (exact) mass is 332 g/mol. The Morgan fingerprint density at radius 1 is 1.32 bits per heavy atom. The molecule has 114 valence electrons. The van der Waals surface area contributed by atoms with Crippen molar-refractivity contribution in [2.24, 2.45) is 0 Å². The zero-order chi connectivity index (χ0) is 15.7. The molecule has 0 unspecified atom stereocenters. The minimum atomic E-state index is -3.54. The van der Waals surface area contributed by atoms with Gasteiger partial charge in [0.25, 0.3) is 0 Å². The Morgan fingerprint density at radius 2 is 2.05 bits per heavy atom. The molecule has 2 aromatic rings. The van der Waals surface area contributed by atoms with E-state index in [1.807, 2.05) is 24.4 Å². The zero-order valence-corrected chi connectivity index (χ0v) is 13.8. The van der Waals surface area contributed by atoms with Crippen LogP contribution in [-0.2, 0) is 16.4 Å². The topological polar surface area (TPSA) is 61.2 Å². The first kappa shape index (κ1) is 15.2. The number of rotatable bonds is 3.